The number of amides is 2. The third-order valence-electron chi connectivity index (χ3n) is 4.97. The Balaban J connectivity index is 0.00000320. The van der Waals surface area contributed by atoms with Crippen LogP contribution in [0, 0.1) is 0 Å². The molecule has 1 aliphatic heterocycles. The molecule has 0 radical (unpaired) electrons. The summed E-state index contributed by atoms with van der Waals surface area (Å²) >= 11 is 0.875. The molecular weight excluding hydrogens is 413 g/mol. The minimum atomic E-state index is -0.388. The molecule has 0 unspecified atom stereocenters. The third kappa shape index (κ3) is 5.40. The van der Waals surface area contributed by atoms with Crippen LogP contribution in [0.3, 0.4) is 0 Å². The number of hydrogen-bond donors (Lipinski definition) is 1. The van der Waals surface area contributed by atoms with E-state index in [-0.39, 0.29) is 52.3 Å². The molecule has 2 amide bonds. The number of thioether (sulfide) groups is 1. The normalized spacial score (nSPS) is 18.2. The number of carbonyl (C=O) groups excluding carboxylic acids is 4. The number of imide groups is 1. The Morgan fingerprint density at radius 1 is 0.933 bits per heavy atom. The molecule has 1 aromatic rings. The van der Waals surface area contributed by atoms with Gasteiger partial charge in [-0.05, 0) is 69.1 Å². The summed E-state index contributed by atoms with van der Waals surface area (Å²) in [5.74, 6) is 0.166. The molecule has 6 nitrogen and oxygen atoms in total. The van der Waals surface area contributed by atoms with Crippen LogP contribution in [0.2, 0.25) is 0 Å². The summed E-state index contributed by atoms with van der Waals surface area (Å²) in [7, 11) is 0. The molecule has 1 heterocycles. The summed E-state index contributed by atoms with van der Waals surface area (Å²) in [4.78, 5) is 47.7. The third-order valence-corrected chi connectivity index (χ3v) is 5.78. The van der Waals surface area contributed by atoms with Crippen molar-refractivity contribution in [3.05, 3.63) is 57.0 Å². The van der Waals surface area contributed by atoms with Crippen LogP contribution in [-0.2, 0) is 14.4 Å². The summed E-state index contributed by atoms with van der Waals surface area (Å²) in [5.41, 5.74) is 2.94. The van der Waals surface area contributed by atoms with E-state index in [0.29, 0.717) is 52.4 Å². The summed E-state index contributed by atoms with van der Waals surface area (Å²) in [6.07, 6.45) is 2.75. The van der Waals surface area contributed by atoms with Crippen molar-refractivity contribution in [3.63, 3.8) is 0 Å². The van der Waals surface area contributed by atoms with Gasteiger partial charge < -0.3 is 4.74 Å². The van der Waals surface area contributed by atoms with Gasteiger partial charge in [0.15, 0.2) is 11.6 Å². The molecular formula is C22H22NNaO5S. The van der Waals surface area contributed by atoms with Crippen LogP contribution in [0.4, 0.5) is 4.79 Å². The van der Waals surface area contributed by atoms with E-state index >= 15 is 0 Å². The first-order valence-electron chi connectivity index (χ1n) is 9.22. The van der Waals surface area contributed by atoms with Crippen LogP contribution in [0.5, 0.6) is 5.75 Å². The molecule has 1 fully saturated rings. The number of ketones is 2. The van der Waals surface area contributed by atoms with Gasteiger partial charge in [0.1, 0.15) is 5.75 Å². The molecule has 1 N–H and O–H groups in total. The van der Waals surface area contributed by atoms with E-state index in [0.717, 1.165) is 17.3 Å². The Labute approximate surface area is 201 Å². The summed E-state index contributed by atoms with van der Waals surface area (Å²) < 4.78 is 5.72. The van der Waals surface area contributed by atoms with Gasteiger partial charge in [0.05, 0.1) is 11.5 Å². The Morgan fingerprint density at radius 2 is 1.57 bits per heavy atom. The predicted octanol–water partition coefficient (Wildman–Crippen LogP) is 3.33. The molecule has 8 heteroatoms. The van der Waals surface area contributed by atoms with Crippen LogP contribution in [-0.4, -0.2) is 58.9 Å². The maximum atomic E-state index is 12.4. The van der Waals surface area contributed by atoms with Gasteiger partial charge in [-0.15, -0.1) is 0 Å². The molecule has 2 aliphatic rings. The molecule has 3 rings (SSSR count). The van der Waals surface area contributed by atoms with Gasteiger partial charge in [0, 0.05) is 22.3 Å². The first-order valence-corrected chi connectivity index (χ1v) is 10.0. The monoisotopic (exact) mass is 435 g/mol. The molecule has 0 atom stereocenters. The van der Waals surface area contributed by atoms with E-state index < -0.39 is 0 Å². The topological polar surface area (TPSA) is 89.5 Å². The Kier molecular flexibility index (Phi) is 8.43. The van der Waals surface area contributed by atoms with E-state index in [1.807, 2.05) is 0 Å². The number of benzene rings is 1. The number of ether oxygens (including phenoxy) is 1. The molecule has 0 saturated carbocycles. The van der Waals surface area contributed by atoms with Gasteiger partial charge in [-0.25, -0.2) is 0 Å². The van der Waals surface area contributed by atoms with Crippen molar-refractivity contribution in [3.8, 4) is 5.75 Å². The minimum absolute atomic E-state index is 0. The number of carbonyl (C=O) groups is 4. The average Bonchev–Trinajstić information content (AvgIpc) is 3.02. The zero-order valence-electron chi connectivity index (χ0n) is 16.5. The molecule has 0 bridgehead atoms. The summed E-state index contributed by atoms with van der Waals surface area (Å²) in [6, 6.07) is 7.15. The second kappa shape index (κ2) is 10.4. The van der Waals surface area contributed by atoms with E-state index in [1.165, 1.54) is 0 Å². The predicted molar refractivity (Wildman–Crippen MR) is 119 cm³/mol. The molecule has 0 spiro atoms. The number of Topliss-reactive ketones (excluding diaryl/α,β-unsaturated/α-hetero) is 2. The van der Waals surface area contributed by atoms with Crippen molar-refractivity contribution in [1.82, 2.24) is 5.32 Å². The van der Waals surface area contributed by atoms with Crippen molar-refractivity contribution < 1.29 is 23.9 Å². The fraction of sp³-hybridized carbons (Fsp3) is 0.273. The number of nitrogens with one attached hydrogen (secondary N) is 1. The average molecular weight is 435 g/mol. The Morgan fingerprint density at radius 3 is 2.17 bits per heavy atom. The summed E-state index contributed by atoms with van der Waals surface area (Å²) in [6.45, 7) is 5.50. The zero-order valence-corrected chi connectivity index (χ0v) is 17.3. The van der Waals surface area contributed by atoms with Crippen LogP contribution in [0.1, 0.15) is 39.2 Å². The molecule has 1 aromatic carbocycles. The van der Waals surface area contributed by atoms with Crippen molar-refractivity contribution in [2.45, 2.75) is 33.6 Å². The molecule has 1 saturated heterocycles. The van der Waals surface area contributed by atoms with Gasteiger partial charge in [-0.3, -0.25) is 24.5 Å². The molecule has 152 valence electrons. The van der Waals surface area contributed by atoms with E-state index in [4.69, 9.17) is 4.74 Å². The maximum absolute atomic E-state index is 12.4. The Hall–Kier alpha value is -1.93. The van der Waals surface area contributed by atoms with E-state index in [1.54, 1.807) is 51.1 Å². The second-order valence-corrected chi connectivity index (χ2v) is 7.90. The van der Waals surface area contributed by atoms with E-state index in [9.17, 15) is 19.2 Å². The fourth-order valence-corrected chi connectivity index (χ4v) is 3.81. The summed E-state index contributed by atoms with van der Waals surface area (Å²) in [5, 5.41) is 1.84. The van der Waals surface area contributed by atoms with Crippen molar-refractivity contribution >= 4 is 70.1 Å². The van der Waals surface area contributed by atoms with Crippen molar-refractivity contribution in [2.24, 2.45) is 0 Å². The number of allylic oxidation sites excluding steroid dienone is 4. The fourth-order valence-electron chi connectivity index (χ4n) is 3.13. The van der Waals surface area contributed by atoms with Gasteiger partial charge in [-0.1, -0.05) is 12.1 Å². The zero-order chi connectivity index (χ0) is 21.1. The number of hydrogen-bond acceptors (Lipinski definition) is 6. The Bertz CT molecular complexity index is 1000. The van der Waals surface area contributed by atoms with Crippen LogP contribution >= 0.6 is 11.8 Å². The quantitative estimate of drug-likeness (QED) is 0.319. The van der Waals surface area contributed by atoms with Crippen LogP contribution < -0.4 is 10.1 Å². The first-order chi connectivity index (χ1) is 13.8. The van der Waals surface area contributed by atoms with Gasteiger partial charge >= 0.3 is 29.6 Å². The van der Waals surface area contributed by atoms with E-state index in [2.05, 4.69) is 5.32 Å². The SMILES string of the molecule is CC1=C(C)C(=O)C(CCCOc2ccc(/C=C3\SC(=O)NC3=O)cc2)=C(C)C1=O.[NaH]. The van der Waals surface area contributed by atoms with Crippen LogP contribution in [0.25, 0.3) is 6.08 Å². The number of rotatable bonds is 6. The molecule has 1 aliphatic carbocycles. The standard InChI is InChI=1S/C22H21NO5S.Na.H/c1-12-13(2)20(25)17(14(3)19(12)24)5-4-10-28-16-8-6-15(7-9-16)11-18-21(26)23-22(27)29-18;;/h6-9,11H,4-5,10H2,1-3H3,(H,23,26,27);;/b18-11-;;. The molecule has 0 aromatic heterocycles. The van der Waals surface area contributed by atoms with Gasteiger partial charge in [-0.2, -0.15) is 0 Å². The second-order valence-electron chi connectivity index (χ2n) is 6.89. The van der Waals surface area contributed by atoms with Gasteiger partial charge in [0.2, 0.25) is 0 Å². The molecule has 30 heavy (non-hydrogen) atoms. The van der Waals surface area contributed by atoms with Crippen molar-refractivity contribution in [2.75, 3.05) is 6.61 Å². The van der Waals surface area contributed by atoms with Crippen molar-refractivity contribution in [1.29, 1.82) is 0 Å². The van der Waals surface area contributed by atoms with Gasteiger partial charge in [0.25, 0.3) is 11.1 Å². The van der Waals surface area contributed by atoms with Crippen LogP contribution in [0.15, 0.2) is 51.5 Å². The first kappa shape index (κ1) is 24.3.